The van der Waals surface area contributed by atoms with Crippen LogP contribution in [0.4, 0.5) is 10.1 Å². The number of nitrogens with zero attached hydrogens (tertiary/aromatic N) is 1. The Morgan fingerprint density at radius 2 is 1.79 bits per heavy atom. The van der Waals surface area contributed by atoms with Crippen LogP contribution < -0.4 is 4.90 Å². The molecule has 1 nitrogen and oxygen atoms in total. The summed E-state index contributed by atoms with van der Waals surface area (Å²) < 4.78 is 13.7. The molecule has 0 amide bonds. The quantitative estimate of drug-likeness (QED) is 0.740. The van der Waals surface area contributed by atoms with Crippen molar-refractivity contribution in [1.82, 2.24) is 0 Å². The molecule has 100 valence electrons. The Morgan fingerprint density at radius 3 is 2.42 bits per heavy atom. The highest BCUT2D eigenvalue weighted by molar-refractivity contribution is 9.08. The number of benzene rings is 2. The lowest BCUT2D eigenvalue weighted by Crippen LogP contribution is -2.18. The number of rotatable bonds is 4. The van der Waals surface area contributed by atoms with E-state index in [4.69, 9.17) is 0 Å². The largest absolute Gasteiger partial charge is 0.370 e. The summed E-state index contributed by atoms with van der Waals surface area (Å²) in [5.41, 5.74) is 4.10. The molecule has 0 aliphatic carbocycles. The van der Waals surface area contributed by atoms with Crippen LogP contribution in [-0.4, -0.2) is 7.05 Å². The van der Waals surface area contributed by atoms with Crippen molar-refractivity contribution in [2.45, 2.75) is 18.8 Å². The van der Waals surface area contributed by atoms with Gasteiger partial charge in [-0.3, -0.25) is 0 Å². The van der Waals surface area contributed by atoms with Gasteiger partial charge in [-0.1, -0.05) is 51.8 Å². The standard InChI is InChI=1S/C16H17BrFN/c1-12-6-8-13(9-7-12)11-19(2)16-5-3-4-15(18)14(16)10-17/h3-9H,10-11H2,1-2H3. The zero-order valence-corrected chi connectivity index (χ0v) is 12.7. The third kappa shape index (κ3) is 3.35. The van der Waals surface area contributed by atoms with Crippen LogP contribution >= 0.6 is 15.9 Å². The van der Waals surface area contributed by atoms with Crippen molar-refractivity contribution in [3.8, 4) is 0 Å². The molecule has 2 rings (SSSR count). The third-order valence-corrected chi connectivity index (χ3v) is 3.74. The predicted molar refractivity (Wildman–Crippen MR) is 82.3 cm³/mol. The minimum absolute atomic E-state index is 0.162. The summed E-state index contributed by atoms with van der Waals surface area (Å²) in [6.07, 6.45) is 0. The molecule has 0 spiro atoms. The molecule has 0 bridgehead atoms. The van der Waals surface area contributed by atoms with Crippen molar-refractivity contribution < 1.29 is 4.39 Å². The highest BCUT2D eigenvalue weighted by atomic mass is 79.9. The number of halogens is 2. The Kier molecular flexibility index (Phi) is 4.59. The lowest BCUT2D eigenvalue weighted by atomic mass is 10.1. The van der Waals surface area contributed by atoms with Crippen LogP contribution in [0.2, 0.25) is 0 Å². The zero-order valence-electron chi connectivity index (χ0n) is 11.2. The van der Waals surface area contributed by atoms with Crippen LogP contribution in [0.3, 0.4) is 0 Å². The number of hydrogen-bond acceptors (Lipinski definition) is 1. The first-order valence-electron chi connectivity index (χ1n) is 6.22. The Morgan fingerprint density at radius 1 is 1.11 bits per heavy atom. The van der Waals surface area contributed by atoms with E-state index in [0.717, 1.165) is 12.2 Å². The van der Waals surface area contributed by atoms with Gasteiger partial charge >= 0.3 is 0 Å². The highest BCUT2D eigenvalue weighted by Crippen LogP contribution is 2.25. The fraction of sp³-hybridized carbons (Fsp3) is 0.250. The molecule has 0 saturated heterocycles. The van der Waals surface area contributed by atoms with E-state index >= 15 is 0 Å². The second-order valence-corrected chi connectivity index (χ2v) is 5.27. The molecule has 0 atom stereocenters. The molecule has 2 aromatic carbocycles. The number of hydrogen-bond donors (Lipinski definition) is 0. The molecule has 0 radical (unpaired) electrons. The van der Waals surface area contributed by atoms with Gasteiger partial charge in [0.1, 0.15) is 5.82 Å². The second-order valence-electron chi connectivity index (χ2n) is 4.71. The van der Waals surface area contributed by atoms with Crippen LogP contribution in [0.5, 0.6) is 0 Å². The summed E-state index contributed by atoms with van der Waals surface area (Å²) in [5.74, 6) is -0.162. The van der Waals surface area contributed by atoms with Gasteiger partial charge < -0.3 is 4.90 Å². The monoisotopic (exact) mass is 321 g/mol. The fourth-order valence-electron chi connectivity index (χ4n) is 2.09. The molecule has 19 heavy (non-hydrogen) atoms. The van der Waals surface area contributed by atoms with Gasteiger partial charge in [-0.25, -0.2) is 4.39 Å². The first-order valence-corrected chi connectivity index (χ1v) is 7.34. The summed E-state index contributed by atoms with van der Waals surface area (Å²) >= 11 is 3.36. The van der Waals surface area contributed by atoms with Gasteiger partial charge in [-0.15, -0.1) is 0 Å². The van der Waals surface area contributed by atoms with E-state index in [9.17, 15) is 4.39 Å². The summed E-state index contributed by atoms with van der Waals surface area (Å²) in [5, 5.41) is 0.521. The van der Waals surface area contributed by atoms with Crippen LogP contribution in [0.15, 0.2) is 42.5 Å². The van der Waals surface area contributed by atoms with Gasteiger partial charge in [0.2, 0.25) is 0 Å². The second kappa shape index (κ2) is 6.20. The normalized spacial score (nSPS) is 10.5. The third-order valence-electron chi connectivity index (χ3n) is 3.18. The van der Waals surface area contributed by atoms with Gasteiger partial charge in [0.05, 0.1) is 0 Å². The van der Waals surface area contributed by atoms with Gasteiger partial charge in [-0.2, -0.15) is 0 Å². The van der Waals surface area contributed by atoms with Gasteiger partial charge in [0.25, 0.3) is 0 Å². The van der Waals surface area contributed by atoms with E-state index in [1.807, 2.05) is 13.1 Å². The average molecular weight is 322 g/mol. The number of anilines is 1. The molecule has 0 aliphatic rings. The van der Waals surface area contributed by atoms with Crippen LogP contribution in [0.1, 0.15) is 16.7 Å². The van der Waals surface area contributed by atoms with Crippen LogP contribution in [0, 0.1) is 12.7 Å². The molecule has 0 heterocycles. The van der Waals surface area contributed by atoms with Crippen LogP contribution in [-0.2, 0) is 11.9 Å². The van der Waals surface area contributed by atoms with Gasteiger partial charge in [0.15, 0.2) is 0 Å². The van der Waals surface area contributed by atoms with Crippen molar-refractivity contribution in [3.63, 3.8) is 0 Å². The Labute approximate surface area is 122 Å². The Bertz CT molecular complexity index is 551. The molecule has 0 unspecified atom stereocenters. The fourth-order valence-corrected chi connectivity index (χ4v) is 2.64. The summed E-state index contributed by atoms with van der Waals surface area (Å²) in [7, 11) is 1.99. The summed E-state index contributed by atoms with van der Waals surface area (Å²) in [6, 6.07) is 13.6. The van der Waals surface area contributed by atoms with E-state index in [2.05, 4.69) is 52.0 Å². The van der Waals surface area contributed by atoms with E-state index in [1.165, 1.54) is 17.2 Å². The van der Waals surface area contributed by atoms with Crippen molar-refractivity contribution in [2.24, 2.45) is 0 Å². The molecular weight excluding hydrogens is 305 g/mol. The van der Waals surface area contributed by atoms with Gasteiger partial charge in [0, 0.05) is 30.2 Å². The molecule has 2 aromatic rings. The first kappa shape index (κ1) is 14.1. The summed E-state index contributed by atoms with van der Waals surface area (Å²) in [6.45, 7) is 2.84. The lowest BCUT2D eigenvalue weighted by molar-refractivity contribution is 0.616. The lowest BCUT2D eigenvalue weighted by Gasteiger charge is -2.22. The van der Waals surface area contributed by atoms with Crippen LogP contribution in [0.25, 0.3) is 0 Å². The molecule has 0 aromatic heterocycles. The molecule has 3 heteroatoms. The molecule has 0 N–H and O–H groups in total. The molecule has 0 aliphatic heterocycles. The predicted octanol–water partition coefficient (Wildman–Crippen LogP) is 4.67. The topological polar surface area (TPSA) is 3.24 Å². The smallest absolute Gasteiger partial charge is 0.129 e. The number of aryl methyl sites for hydroxylation is 1. The van der Waals surface area contributed by atoms with Gasteiger partial charge in [-0.05, 0) is 24.6 Å². The molecular formula is C16H17BrFN. The number of alkyl halides is 1. The highest BCUT2D eigenvalue weighted by Gasteiger charge is 2.11. The van der Waals surface area contributed by atoms with Crippen molar-refractivity contribution in [1.29, 1.82) is 0 Å². The maximum atomic E-state index is 13.7. The van der Waals surface area contributed by atoms with E-state index < -0.39 is 0 Å². The SMILES string of the molecule is Cc1ccc(CN(C)c2cccc(F)c2CBr)cc1. The van der Waals surface area contributed by atoms with E-state index in [1.54, 1.807) is 6.07 Å². The molecule has 0 saturated carbocycles. The zero-order chi connectivity index (χ0) is 13.8. The molecule has 0 fully saturated rings. The Balaban J connectivity index is 2.22. The summed E-state index contributed by atoms with van der Waals surface area (Å²) in [4.78, 5) is 2.07. The van der Waals surface area contributed by atoms with Crippen molar-refractivity contribution in [3.05, 3.63) is 65.0 Å². The van der Waals surface area contributed by atoms with Crippen molar-refractivity contribution in [2.75, 3.05) is 11.9 Å². The van der Waals surface area contributed by atoms with E-state index in [0.29, 0.717) is 10.9 Å². The maximum absolute atomic E-state index is 13.7. The minimum atomic E-state index is -0.162. The first-order chi connectivity index (χ1) is 9.11. The minimum Gasteiger partial charge on any atom is -0.370 e. The van der Waals surface area contributed by atoms with Crippen molar-refractivity contribution >= 4 is 21.6 Å². The van der Waals surface area contributed by atoms with E-state index in [-0.39, 0.29) is 5.82 Å². The maximum Gasteiger partial charge on any atom is 0.129 e. The average Bonchev–Trinajstić information content (AvgIpc) is 2.41. The Hall–Kier alpha value is -1.35.